The molecule has 0 saturated heterocycles. The maximum absolute atomic E-state index is 13.1. The Morgan fingerprint density at radius 3 is 2.48 bits per heavy atom. The van der Waals surface area contributed by atoms with Gasteiger partial charge in [-0.15, -0.1) is 0 Å². The highest BCUT2D eigenvalue weighted by molar-refractivity contribution is 6.43. The van der Waals surface area contributed by atoms with E-state index in [0.29, 0.717) is 31.4 Å². The van der Waals surface area contributed by atoms with Crippen LogP contribution in [0.4, 0.5) is 0 Å². The van der Waals surface area contributed by atoms with Crippen molar-refractivity contribution >= 4 is 18.9 Å². The minimum absolute atomic E-state index is 0.0467. The van der Waals surface area contributed by atoms with E-state index < -0.39 is 13.1 Å². The van der Waals surface area contributed by atoms with Crippen molar-refractivity contribution in [1.82, 2.24) is 10.2 Å². The van der Waals surface area contributed by atoms with Crippen molar-refractivity contribution in [3.05, 3.63) is 59.2 Å². The van der Waals surface area contributed by atoms with Gasteiger partial charge in [0, 0.05) is 25.1 Å². The number of carbonyl (C=O) groups excluding carboxylic acids is 2. The lowest BCUT2D eigenvalue weighted by atomic mass is 9.77. The van der Waals surface area contributed by atoms with E-state index in [2.05, 4.69) is 11.4 Å². The molecule has 0 aliphatic heterocycles. The summed E-state index contributed by atoms with van der Waals surface area (Å²) in [7, 11) is 0.0864. The van der Waals surface area contributed by atoms with Crippen molar-refractivity contribution in [1.29, 1.82) is 0 Å². The van der Waals surface area contributed by atoms with Crippen LogP contribution in [0.2, 0.25) is 0 Å². The number of nitrogens with zero attached hydrogens (tertiary/aromatic N) is 1. The number of carbonyl (C=O) groups is 2. The van der Waals surface area contributed by atoms with E-state index in [1.54, 1.807) is 13.1 Å². The maximum atomic E-state index is 13.1. The molecule has 2 aromatic carbocycles. The number of aryl methyl sites for hydroxylation is 2. The van der Waals surface area contributed by atoms with Gasteiger partial charge in [0.15, 0.2) is 0 Å². The van der Waals surface area contributed by atoms with Crippen molar-refractivity contribution in [2.45, 2.75) is 39.1 Å². The average molecular weight is 425 g/mol. The molecule has 166 valence electrons. The van der Waals surface area contributed by atoms with E-state index in [1.807, 2.05) is 44.2 Å². The molecule has 0 heterocycles. The van der Waals surface area contributed by atoms with Gasteiger partial charge in [0.2, 0.25) is 5.91 Å². The van der Waals surface area contributed by atoms with E-state index in [1.165, 1.54) is 4.90 Å². The van der Waals surface area contributed by atoms with E-state index >= 15 is 0 Å². The summed E-state index contributed by atoms with van der Waals surface area (Å²) < 4.78 is 0. The third-order valence-corrected chi connectivity index (χ3v) is 5.23. The normalized spacial score (nSPS) is 11.7. The van der Waals surface area contributed by atoms with Crippen molar-refractivity contribution in [2.24, 2.45) is 5.73 Å². The summed E-state index contributed by atoms with van der Waals surface area (Å²) in [5.41, 5.74) is 10.2. The quantitative estimate of drug-likeness (QED) is 0.341. The Morgan fingerprint density at radius 1 is 1.10 bits per heavy atom. The molecule has 0 spiro atoms. The molecule has 0 radical (unpaired) electrons. The molecule has 0 aliphatic carbocycles. The largest absolute Gasteiger partial charge is 0.469 e. The summed E-state index contributed by atoms with van der Waals surface area (Å²) in [4.78, 5) is 26.7. The highest BCUT2D eigenvalue weighted by Crippen LogP contribution is 2.28. The first kappa shape index (κ1) is 24.6. The van der Waals surface area contributed by atoms with Gasteiger partial charge in [0.1, 0.15) is 0 Å². The Kier molecular flexibility index (Phi) is 9.24. The first-order valence-corrected chi connectivity index (χ1v) is 10.5. The second-order valence-corrected chi connectivity index (χ2v) is 7.95. The number of hydrogen-bond donors (Lipinski definition) is 4. The molecule has 1 unspecified atom stereocenters. The average Bonchev–Trinajstić information content (AvgIpc) is 2.72. The molecule has 2 amide bonds. The van der Waals surface area contributed by atoms with Crippen LogP contribution < -0.4 is 11.1 Å². The van der Waals surface area contributed by atoms with Gasteiger partial charge in [-0.1, -0.05) is 48.4 Å². The van der Waals surface area contributed by atoms with Gasteiger partial charge in [-0.05, 0) is 49.4 Å². The topological polar surface area (TPSA) is 116 Å². The third kappa shape index (κ3) is 7.20. The van der Waals surface area contributed by atoms with Gasteiger partial charge in [-0.25, -0.2) is 0 Å². The summed E-state index contributed by atoms with van der Waals surface area (Å²) in [5, 5.41) is 20.7. The Bertz CT molecular complexity index is 904. The zero-order chi connectivity index (χ0) is 23.0. The van der Waals surface area contributed by atoms with E-state index in [0.717, 1.165) is 22.3 Å². The smallest absolute Gasteiger partial charge is 0.426 e. The molecular formula is C23H32BN3O4. The fourth-order valence-corrected chi connectivity index (χ4v) is 3.45. The summed E-state index contributed by atoms with van der Waals surface area (Å²) in [6, 6.07) is 13.6. The van der Waals surface area contributed by atoms with E-state index in [4.69, 9.17) is 15.8 Å². The number of benzene rings is 2. The molecule has 2 aromatic rings. The van der Waals surface area contributed by atoms with Crippen molar-refractivity contribution in [3.63, 3.8) is 0 Å². The first-order valence-electron chi connectivity index (χ1n) is 10.5. The lowest BCUT2D eigenvalue weighted by molar-refractivity contribution is -0.121. The summed E-state index contributed by atoms with van der Waals surface area (Å²) in [6.45, 7) is 4.45. The van der Waals surface area contributed by atoms with Crippen LogP contribution in [0, 0.1) is 13.8 Å². The molecule has 31 heavy (non-hydrogen) atoms. The minimum atomic E-state index is -1.53. The number of rotatable bonds is 10. The van der Waals surface area contributed by atoms with Crippen molar-refractivity contribution in [3.8, 4) is 11.1 Å². The molecule has 1 atom stereocenters. The van der Waals surface area contributed by atoms with Crippen LogP contribution in [0.25, 0.3) is 11.1 Å². The second kappa shape index (κ2) is 11.6. The van der Waals surface area contributed by atoms with Gasteiger partial charge in [0.25, 0.3) is 5.91 Å². The monoisotopic (exact) mass is 425 g/mol. The zero-order valence-corrected chi connectivity index (χ0v) is 18.5. The van der Waals surface area contributed by atoms with E-state index in [9.17, 15) is 9.59 Å². The van der Waals surface area contributed by atoms with Gasteiger partial charge >= 0.3 is 7.12 Å². The lowest BCUT2D eigenvalue weighted by Gasteiger charge is -2.19. The second-order valence-electron chi connectivity index (χ2n) is 7.95. The Balaban J connectivity index is 1.94. The number of hydrogen-bond acceptors (Lipinski definition) is 5. The van der Waals surface area contributed by atoms with Crippen molar-refractivity contribution < 1.29 is 19.6 Å². The van der Waals surface area contributed by atoms with Crippen LogP contribution in [-0.2, 0) is 4.79 Å². The summed E-state index contributed by atoms with van der Waals surface area (Å²) >= 11 is 0. The molecule has 5 N–H and O–H groups in total. The third-order valence-electron chi connectivity index (χ3n) is 5.23. The maximum Gasteiger partial charge on any atom is 0.469 e. The number of likely N-dealkylation sites (N-methyl/N-ethyl adjacent to an activating group) is 1. The van der Waals surface area contributed by atoms with E-state index in [-0.39, 0.29) is 18.4 Å². The van der Waals surface area contributed by atoms with Crippen molar-refractivity contribution in [2.75, 3.05) is 20.1 Å². The minimum Gasteiger partial charge on any atom is -0.426 e. The SMILES string of the molecule is Cc1ccc(-c2ccccc2C(=O)N(C)CC(=O)NCCCCC(N)B(O)O)c(C)c1. The zero-order valence-electron chi connectivity index (χ0n) is 18.5. The highest BCUT2D eigenvalue weighted by Gasteiger charge is 2.20. The van der Waals surface area contributed by atoms with Crippen LogP contribution in [-0.4, -0.2) is 60.0 Å². The van der Waals surface area contributed by atoms with Gasteiger partial charge in [-0.3, -0.25) is 9.59 Å². The molecule has 2 rings (SSSR count). The molecule has 8 heteroatoms. The summed E-state index contributed by atoms with van der Waals surface area (Å²) in [5.74, 6) is -1.14. The number of unbranched alkanes of at least 4 members (excludes halogenated alkanes) is 1. The molecule has 0 saturated carbocycles. The number of nitrogens with two attached hydrogens (primary N) is 1. The number of amides is 2. The van der Waals surface area contributed by atoms with Gasteiger partial charge in [0.05, 0.1) is 6.54 Å². The molecule has 0 aliphatic rings. The fourth-order valence-electron chi connectivity index (χ4n) is 3.45. The molecule has 7 nitrogen and oxygen atoms in total. The van der Waals surface area contributed by atoms with Crippen LogP contribution in [0.15, 0.2) is 42.5 Å². The lowest BCUT2D eigenvalue weighted by Crippen LogP contribution is -2.39. The Hall–Kier alpha value is -2.68. The molecule has 0 aromatic heterocycles. The van der Waals surface area contributed by atoms with Gasteiger partial charge < -0.3 is 26.0 Å². The standard InChI is InChI=1S/C23H32BN3O4/c1-16-11-12-18(17(2)14-16)19-8-4-5-9-20(19)23(29)27(3)15-22(28)26-13-7-6-10-21(25)24(30)31/h4-5,8-9,11-12,14,21,30-31H,6-7,10,13,15,25H2,1-3H3,(H,26,28). The molecule has 0 fully saturated rings. The van der Waals surface area contributed by atoms with Gasteiger partial charge in [-0.2, -0.15) is 0 Å². The predicted octanol–water partition coefficient (Wildman–Crippen LogP) is 1.67. The Morgan fingerprint density at radius 2 is 1.81 bits per heavy atom. The van der Waals surface area contributed by atoms with Crippen LogP contribution in [0.5, 0.6) is 0 Å². The van der Waals surface area contributed by atoms with Crippen LogP contribution in [0.3, 0.4) is 0 Å². The van der Waals surface area contributed by atoms with Crippen LogP contribution >= 0.6 is 0 Å². The Labute approximate surface area is 184 Å². The molecular weight excluding hydrogens is 393 g/mol. The fraction of sp³-hybridized carbons (Fsp3) is 0.391. The highest BCUT2D eigenvalue weighted by atomic mass is 16.4. The molecule has 0 bridgehead atoms. The summed E-state index contributed by atoms with van der Waals surface area (Å²) in [6.07, 6.45) is 1.79. The number of nitrogens with one attached hydrogen (secondary N) is 1. The predicted molar refractivity (Wildman–Crippen MR) is 123 cm³/mol. The first-order chi connectivity index (χ1) is 14.7. The van der Waals surface area contributed by atoms with Crippen LogP contribution in [0.1, 0.15) is 40.7 Å².